The van der Waals surface area contributed by atoms with Crippen molar-refractivity contribution < 1.29 is 0 Å². The minimum absolute atomic E-state index is 0.613. The highest BCUT2D eigenvalue weighted by Gasteiger charge is 2.38. The number of halogens is 1. The van der Waals surface area contributed by atoms with Crippen LogP contribution >= 0.6 is 15.9 Å². The lowest BCUT2D eigenvalue weighted by atomic mass is 10.1. The zero-order valence-corrected chi connectivity index (χ0v) is 13.4. The molecule has 0 aromatic heterocycles. The van der Waals surface area contributed by atoms with E-state index in [1.807, 2.05) is 0 Å². The van der Waals surface area contributed by atoms with Crippen molar-refractivity contribution in [2.24, 2.45) is 0 Å². The van der Waals surface area contributed by atoms with Crippen LogP contribution in [-0.4, -0.2) is 29.6 Å². The van der Waals surface area contributed by atoms with Gasteiger partial charge in [0, 0.05) is 34.8 Å². The van der Waals surface area contributed by atoms with Gasteiger partial charge in [0.2, 0.25) is 0 Å². The summed E-state index contributed by atoms with van der Waals surface area (Å²) in [5, 5.41) is 3.77. The van der Waals surface area contributed by atoms with Gasteiger partial charge >= 0.3 is 0 Å². The van der Waals surface area contributed by atoms with Gasteiger partial charge in [-0.2, -0.15) is 0 Å². The Bertz CT molecular complexity index is 456. The van der Waals surface area contributed by atoms with Gasteiger partial charge < -0.3 is 5.32 Å². The average molecular weight is 323 g/mol. The van der Waals surface area contributed by atoms with Crippen molar-refractivity contribution in [3.63, 3.8) is 0 Å². The van der Waals surface area contributed by atoms with E-state index in [0.717, 1.165) is 18.5 Å². The summed E-state index contributed by atoms with van der Waals surface area (Å²) in [5.41, 5.74) is 2.73. The molecule has 1 aromatic carbocycles. The number of likely N-dealkylation sites (tertiary alicyclic amines) is 1. The second kappa shape index (κ2) is 5.45. The Hall–Kier alpha value is -0.540. The summed E-state index contributed by atoms with van der Waals surface area (Å²) in [5.74, 6) is 0. The van der Waals surface area contributed by atoms with Crippen LogP contribution in [0.25, 0.3) is 0 Å². The first-order valence-corrected chi connectivity index (χ1v) is 8.27. The van der Waals surface area contributed by atoms with Gasteiger partial charge in [-0.1, -0.05) is 22.9 Å². The number of rotatable bonds is 4. The molecule has 0 amide bonds. The molecule has 2 aliphatic rings. The smallest absolute Gasteiger partial charge is 0.0403 e. The first-order valence-electron chi connectivity index (χ1n) is 7.48. The third-order valence-electron chi connectivity index (χ3n) is 4.45. The quantitative estimate of drug-likeness (QED) is 0.899. The summed E-state index contributed by atoms with van der Waals surface area (Å²) >= 11 is 3.56. The molecular formula is C16H23BrN2. The van der Waals surface area contributed by atoms with Crippen LogP contribution in [0.3, 0.4) is 0 Å². The van der Waals surface area contributed by atoms with E-state index in [2.05, 4.69) is 58.2 Å². The molecule has 104 valence electrons. The van der Waals surface area contributed by atoms with Crippen LogP contribution in [0.15, 0.2) is 22.7 Å². The maximum Gasteiger partial charge on any atom is 0.0403 e. The number of nitrogens with one attached hydrogen (secondary N) is 1. The van der Waals surface area contributed by atoms with Crippen LogP contribution in [0.2, 0.25) is 0 Å². The predicted octanol–water partition coefficient (Wildman–Crippen LogP) is 4.05. The molecule has 0 bridgehead atoms. The summed E-state index contributed by atoms with van der Waals surface area (Å²) < 4.78 is 1.18. The first kappa shape index (κ1) is 13.4. The SMILES string of the molecule is CCc1cc(Br)ccc1NC1CC(C)N(C2CC2)C1. The zero-order valence-electron chi connectivity index (χ0n) is 11.8. The molecule has 3 heteroatoms. The molecule has 1 aromatic rings. The van der Waals surface area contributed by atoms with E-state index in [4.69, 9.17) is 0 Å². The van der Waals surface area contributed by atoms with E-state index in [-0.39, 0.29) is 0 Å². The molecular weight excluding hydrogens is 300 g/mol. The third-order valence-corrected chi connectivity index (χ3v) is 4.94. The van der Waals surface area contributed by atoms with Crippen molar-refractivity contribution in [1.82, 2.24) is 4.90 Å². The lowest BCUT2D eigenvalue weighted by molar-refractivity contribution is 0.257. The highest BCUT2D eigenvalue weighted by Crippen LogP contribution is 2.34. The molecule has 2 fully saturated rings. The minimum atomic E-state index is 0.613. The fourth-order valence-electron chi connectivity index (χ4n) is 3.29. The van der Waals surface area contributed by atoms with Gasteiger partial charge in [0.25, 0.3) is 0 Å². The molecule has 2 atom stereocenters. The Kier molecular flexibility index (Phi) is 3.86. The normalized spacial score (nSPS) is 27.7. The molecule has 1 saturated heterocycles. The van der Waals surface area contributed by atoms with Gasteiger partial charge in [0.1, 0.15) is 0 Å². The monoisotopic (exact) mass is 322 g/mol. The number of nitrogens with zero attached hydrogens (tertiary/aromatic N) is 1. The van der Waals surface area contributed by atoms with Gasteiger partial charge in [0.05, 0.1) is 0 Å². The lowest BCUT2D eigenvalue weighted by Gasteiger charge is -2.20. The summed E-state index contributed by atoms with van der Waals surface area (Å²) in [4.78, 5) is 2.70. The number of benzene rings is 1. The van der Waals surface area contributed by atoms with E-state index >= 15 is 0 Å². The molecule has 1 aliphatic heterocycles. The topological polar surface area (TPSA) is 15.3 Å². The molecule has 2 unspecified atom stereocenters. The van der Waals surface area contributed by atoms with Crippen LogP contribution in [0.5, 0.6) is 0 Å². The average Bonchev–Trinajstić information content (AvgIpc) is 3.16. The van der Waals surface area contributed by atoms with Crippen molar-refractivity contribution >= 4 is 21.6 Å². The largest absolute Gasteiger partial charge is 0.381 e. The molecule has 1 aliphatic carbocycles. The number of anilines is 1. The highest BCUT2D eigenvalue weighted by atomic mass is 79.9. The first-order chi connectivity index (χ1) is 9.17. The molecule has 0 radical (unpaired) electrons. The van der Waals surface area contributed by atoms with Gasteiger partial charge in [-0.25, -0.2) is 0 Å². The zero-order chi connectivity index (χ0) is 13.4. The maximum atomic E-state index is 3.77. The number of aryl methyl sites for hydroxylation is 1. The molecule has 1 N–H and O–H groups in total. The van der Waals surface area contributed by atoms with Crippen molar-refractivity contribution in [3.8, 4) is 0 Å². The molecule has 1 heterocycles. The Morgan fingerprint density at radius 1 is 1.37 bits per heavy atom. The van der Waals surface area contributed by atoms with E-state index in [1.165, 1.54) is 41.5 Å². The Morgan fingerprint density at radius 3 is 2.84 bits per heavy atom. The predicted molar refractivity (Wildman–Crippen MR) is 84.7 cm³/mol. The Morgan fingerprint density at radius 2 is 2.16 bits per heavy atom. The Balaban J connectivity index is 1.68. The fourth-order valence-corrected chi connectivity index (χ4v) is 3.70. The summed E-state index contributed by atoms with van der Waals surface area (Å²) in [7, 11) is 0. The summed E-state index contributed by atoms with van der Waals surface area (Å²) in [6.07, 6.45) is 5.18. The van der Waals surface area contributed by atoms with Gasteiger partial charge in [-0.15, -0.1) is 0 Å². The van der Waals surface area contributed by atoms with Crippen LogP contribution < -0.4 is 5.32 Å². The summed E-state index contributed by atoms with van der Waals surface area (Å²) in [6.45, 7) is 5.81. The van der Waals surface area contributed by atoms with Crippen LogP contribution in [-0.2, 0) is 6.42 Å². The maximum absolute atomic E-state index is 3.77. The molecule has 2 nitrogen and oxygen atoms in total. The van der Waals surface area contributed by atoms with Crippen molar-refractivity contribution in [1.29, 1.82) is 0 Å². The van der Waals surface area contributed by atoms with E-state index < -0.39 is 0 Å². The number of hydrogen-bond acceptors (Lipinski definition) is 2. The van der Waals surface area contributed by atoms with E-state index in [0.29, 0.717) is 6.04 Å². The second-order valence-electron chi connectivity index (χ2n) is 6.01. The van der Waals surface area contributed by atoms with E-state index in [9.17, 15) is 0 Å². The molecule has 3 rings (SSSR count). The molecule has 19 heavy (non-hydrogen) atoms. The van der Waals surface area contributed by atoms with Gasteiger partial charge in [-0.3, -0.25) is 4.90 Å². The van der Waals surface area contributed by atoms with Gasteiger partial charge in [0.15, 0.2) is 0 Å². The Labute approximate surface area is 124 Å². The van der Waals surface area contributed by atoms with Crippen molar-refractivity contribution in [2.45, 2.75) is 57.7 Å². The van der Waals surface area contributed by atoms with Crippen LogP contribution in [0.1, 0.15) is 38.7 Å². The summed E-state index contributed by atoms with van der Waals surface area (Å²) in [6, 6.07) is 8.83. The molecule has 0 spiro atoms. The van der Waals surface area contributed by atoms with Crippen LogP contribution in [0, 0.1) is 0 Å². The highest BCUT2D eigenvalue weighted by molar-refractivity contribution is 9.10. The van der Waals surface area contributed by atoms with Crippen molar-refractivity contribution in [3.05, 3.63) is 28.2 Å². The second-order valence-corrected chi connectivity index (χ2v) is 6.92. The van der Waals surface area contributed by atoms with Crippen LogP contribution in [0.4, 0.5) is 5.69 Å². The number of hydrogen-bond donors (Lipinski definition) is 1. The molecule has 1 saturated carbocycles. The minimum Gasteiger partial charge on any atom is -0.381 e. The fraction of sp³-hybridized carbons (Fsp3) is 0.625. The lowest BCUT2D eigenvalue weighted by Crippen LogP contribution is -2.31. The third kappa shape index (κ3) is 2.97. The van der Waals surface area contributed by atoms with Crippen molar-refractivity contribution in [2.75, 3.05) is 11.9 Å². The van der Waals surface area contributed by atoms with Gasteiger partial charge in [-0.05, 0) is 56.4 Å². The van der Waals surface area contributed by atoms with E-state index in [1.54, 1.807) is 0 Å². The standard InChI is InChI=1S/C16H23BrN2/c1-3-12-9-13(17)4-7-16(12)18-14-8-11(2)19(10-14)15-5-6-15/h4,7,9,11,14-15,18H,3,5-6,8,10H2,1-2H3.